The summed E-state index contributed by atoms with van der Waals surface area (Å²) in [4.78, 5) is 21.1. The lowest BCUT2D eigenvalue weighted by Gasteiger charge is -2.37. The average molecular weight is 335 g/mol. The van der Waals surface area contributed by atoms with Gasteiger partial charge < -0.3 is 9.42 Å². The fraction of sp³-hybridized carbons (Fsp3) is 0.438. The number of likely N-dealkylation sites (N-methyl/N-ethyl adjacent to an activating group) is 1. The van der Waals surface area contributed by atoms with E-state index in [0.717, 1.165) is 12.1 Å². The Morgan fingerprint density at radius 1 is 1.35 bits per heavy atom. The summed E-state index contributed by atoms with van der Waals surface area (Å²) in [5.41, 5.74) is 1.45. The highest BCUT2D eigenvalue weighted by molar-refractivity contribution is 6.31. The van der Waals surface area contributed by atoms with Gasteiger partial charge in [-0.1, -0.05) is 22.8 Å². The van der Waals surface area contributed by atoms with E-state index in [2.05, 4.69) is 15.0 Å². The predicted molar refractivity (Wildman–Crippen MR) is 86.5 cm³/mol. The van der Waals surface area contributed by atoms with Crippen molar-refractivity contribution in [1.82, 2.24) is 19.9 Å². The van der Waals surface area contributed by atoms with Gasteiger partial charge in [-0.25, -0.2) is 0 Å². The molecule has 122 valence electrons. The Bertz CT molecular complexity index is 731. The molecule has 0 radical (unpaired) electrons. The van der Waals surface area contributed by atoms with Gasteiger partial charge in [-0.2, -0.15) is 4.98 Å². The number of benzene rings is 1. The first-order valence-corrected chi connectivity index (χ1v) is 7.90. The van der Waals surface area contributed by atoms with Crippen molar-refractivity contribution in [2.45, 2.75) is 19.9 Å². The summed E-state index contributed by atoms with van der Waals surface area (Å²) >= 11 is 6.14. The molecule has 1 saturated heterocycles. The molecular weight excluding hydrogens is 316 g/mol. The second-order valence-electron chi connectivity index (χ2n) is 5.84. The Kier molecular flexibility index (Phi) is 4.37. The molecular formula is C16H19ClN4O2. The lowest BCUT2D eigenvalue weighted by molar-refractivity contribution is 0.0488. The van der Waals surface area contributed by atoms with Crippen LogP contribution in [0.15, 0.2) is 22.7 Å². The van der Waals surface area contributed by atoms with E-state index >= 15 is 0 Å². The molecule has 1 aromatic heterocycles. The zero-order valence-corrected chi connectivity index (χ0v) is 14.2. The van der Waals surface area contributed by atoms with Crippen LogP contribution < -0.4 is 0 Å². The van der Waals surface area contributed by atoms with Gasteiger partial charge in [0.25, 0.3) is 5.91 Å². The van der Waals surface area contributed by atoms with Gasteiger partial charge in [0.05, 0.1) is 0 Å². The molecule has 1 unspecified atom stereocenters. The summed E-state index contributed by atoms with van der Waals surface area (Å²) in [5.74, 6) is 1.13. The molecule has 1 atom stereocenters. The Morgan fingerprint density at radius 3 is 2.83 bits per heavy atom. The highest BCUT2D eigenvalue weighted by Crippen LogP contribution is 2.26. The smallest absolute Gasteiger partial charge is 0.254 e. The van der Waals surface area contributed by atoms with Gasteiger partial charge in [-0.05, 0) is 38.6 Å². The Hall–Kier alpha value is -1.92. The van der Waals surface area contributed by atoms with Gasteiger partial charge in [-0.15, -0.1) is 0 Å². The van der Waals surface area contributed by atoms with Gasteiger partial charge in [-0.3, -0.25) is 9.69 Å². The minimum absolute atomic E-state index is 0.0145. The Morgan fingerprint density at radius 2 is 2.13 bits per heavy atom. The largest absolute Gasteiger partial charge is 0.338 e. The molecule has 7 heteroatoms. The van der Waals surface area contributed by atoms with E-state index < -0.39 is 0 Å². The zero-order valence-electron chi connectivity index (χ0n) is 13.4. The first-order chi connectivity index (χ1) is 11.0. The summed E-state index contributed by atoms with van der Waals surface area (Å²) in [5, 5.41) is 4.45. The van der Waals surface area contributed by atoms with Crippen molar-refractivity contribution in [2.24, 2.45) is 0 Å². The first kappa shape index (κ1) is 16.0. The molecule has 2 heterocycles. The van der Waals surface area contributed by atoms with E-state index in [0.29, 0.717) is 35.4 Å². The Labute approximate surface area is 140 Å². The third-order valence-electron chi connectivity index (χ3n) is 4.26. The molecule has 1 aliphatic heterocycles. The maximum atomic E-state index is 12.8. The minimum atomic E-state index is -0.0895. The topological polar surface area (TPSA) is 62.5 Å². The second kappa shape index (κ2) is 6.29. The normalized spacial score (nSPS) is 19.1. The molecule has 2 aromatic rings. The van der Waals surface area contributed by atoms with Gasteiger partial charge in [0, 0.05) is 30.2 Å². The standard InChI is InChI=1S/C16H19ClN4O2/c1-10-12(5-4-6-13(10)17)16(22)21-8-7-20(3)14(9-21)15-18-11(2)19-23-15/h4-6,14H,7-9H2,1-3H3. The van der Waals surface area contributed by atoms with Crippen LogP contribution in [0.2, 0.25) is 5.02 Å². The first-order valence-electron chi connectivity index (χ1n) is 7.52. The summed E-state index contributed by atoms with van der Waals surface area (Å²) in [6.07, 6.45) is 0. The third-order valence-corrected chi connectivity index (χ3v) is 4.67. The number of carbonyl (C=O) groups is 1. The molecule has 3 rings (SSSR count). The number of hydrogen-bond acceptors (Lipinski definition) is 5. The lowest BCUT2D eigenvalue weighted by atomic mass is 10.1. The van der Waals surface area contributed by atoms with Crippen molar-refractivity contribution in [3.05, 3.63) is 46.1 Å². The molecule has 0 N–H and O–H groups in total. The van der Waals surface area contributed by atoms with E-state index in [-0.39, 0.29) is 11.9 Å². The van der Waals surface area contributed by atoms with E-state index in [1.54, 1.807) is 19.1 Å². The number of hydrogen-bond donors (Lipinski definition) is 0. The van der Waals surface area contributed by atoms with Crippen LogP contribution in [0, 0.1) is 13.8 Å². The van der Waals surface area contributed by atoms with Crippen LogP contribution in [0.1, 0.15) is 33.7 Å². The molecule has 23 heavy (non-hydrogen) atoms. The van der Waals surface area contributed by atoms with Crippen LogP contribution in [0.5, 0.6) is 0 Å². The van der Waals surface area contributed by atoms with Crippen molar-refractivity contribution < 1.29 is 9.32 Å². The highest BCUT2D eigenvalue weighted by Gasteiger charge is 2.32. The van der Waals surface area contributed by atoms with E-state index in [9.17, 15) is 4.79 Å². The van der Waals surface area contributed by atoms with Crippen LogP contribution in [0.3, 0.4) is 0 Å². The SMILES string of the molecule is Cc1noc(C2CN(C(=O)c3cccc(Cl)c3C)CCN2C)n1. The van der Waals surface area contributed by atoms with E-state index in [1.807, 2.05) is 24.9 Å². The molecule has 0 bridgehead atoms. The van der Waals surface area contributed by atoms with Gasteiger partial charge in [0.1, 0.15) is 6.04 Å². The molecule has 0 saturated carbocycles. The minimum Gasteiger partial charge on any atom is -0.338 e. The summed E-state index contributed by atoms with van der Waals surface area (Å²) < 4.78 is 5.29. The van der Waals surface area contributed by atoms with Crippen molar-refractivity contribution in [2.75, 3.05) is 26.7 Å². The molecule has 1 fully saturated rings. The number of aromatic nitrogens is 2. The number of piperazine rings is 1. The molecule has 1 aliphatic rings. The summed E-state index contributed by atoms with van der Waals surface area (Å²) in [6, 6.07) is 5.32. The third kappa shape index (κ3) is 3.09. The fourth-order valence-corrected chi connectivity index (χ4v) is 2.96. The quantitative estimate of drug-likeness (QED) is 0.844. The van der Waals surface area contributed by atoms with Crippen LogP contribution >= 0.6 is 11.6 Å². The van der Waals surface area contributed by atoms with Crippen LogP contribution in [-0.2, 0) is 0 Å². The number of amides is 1. The highest BCUT2D eigenvalue weighted by atomic mass is 35.5. The monoisotopic (exact) mass is 334 g/mol. The maximum Gasteiger partial charge on any atom is 0.254 e. The zero-order chi connectivity index (χ0) is 16.6. The summed E-state index contributed by atoms with van der Waals surface area (Å²) in [6.45, 7) is 5.57. The fourth-order valence-electron chi connectivity index (χ4n) is 2.78. The van der Waals surface area contributed by atoms with Gasteiger partial charge >= 0.3 is 0 Å². The van der Waals surface area contributed by atoms with Crippen molar-refractivity contribution in [1.29, 1.82) is 0 Å². The average Bonchev–Trinajstić information content (AvgIpc) is 2.96. The number of rotatable bonds is 2. The molecule has 1 amide bonds. The van der Waals surface area contributed by atoms with Crippen molar-refractivity contribution in [3.63, 3.8) is 0 Å². The number of carbonyl (C=O) groups excluding carboxylic acids is 1. The molecule has 0 aliphatic carbocycles. The number of nitrogens with zero attached hydrogens (tertiary/aromatic N) is 4. The van der Waals surface area contributed by atoms with Crippen molar-refractivity contribution in [3.8, 4) is 0 Å². The summed E-state index contributed by atoms with van der Waals surface area (Å²) in [7, 11) is 2.00. The lowest BCUT2D eigenvalue weighted by Crippen LogP contribution is -2.49. The molecule has 6 nitrogen and oxygen atoms in total. The molecule has 1 aromatic carbocycles. The van der Waals surface area contributed by atoms with Crippen LogP contribution in [0.4, 0.5) is 0 Å². The predicted octanol–water partition coefficient (Wildman–Crippen LogP) is 2.47. The van der Waals surface area contributed by atoms with Gasteiger partial charge in [0.15, 0.2) is 5.82 Å². The second-order valence-corrected chi connectivity index (χ2v) is 6.25. The number of halogens is 1. The van der Waals surface area contributed by atoms with Crippen LogP contribution in [-0.4, -0.2) is 52.5 Å². The molecule has 0 spiro atoms. The maximum absolute atomic E-state index is 12.8. The van der Waals surface area contributed by atoms with E-state index in [4.69, 9.17) is 16.1 Å². The van der Waals surface area contributed by atoms with Gasteiger partial charge in [0.2, 0.25) is 5.89 Å². The Balaban J connectivity index is 1.83. The number of aryl methyl sites for hydroxylation is 1. The van der Waals surface area contributed by atoms with Crippen molar-refractivity contribution >= 4 is 17.5 Å². The van der Waals surface area contributed by atoms with E-state index in [1.165, 1.54) is 0 Å². The van der Waals surface area contributed by atoms with Crippen LogP contribution in [0.25, 0.3) is 0 Å².